The van der Waals surface area contributed by atoms with Gasteiger partial charge < -0.3 is 19.5 Å². The first-order valence-corrected chi connectivity index (χ1v) is 9.03. The van der Waals surface area contributed by atoms with Crippen LogP contribution < -0.4 is 19.7 Å². The molecule has 7 heteroatoms. The van der Waals surface area contributed by atoms with Gasteiger partial charge in [-0.05, 0) is 49.7 Å². The summed E-state index contributed by atoms with van der Waals surface area (Å²) in [5, 5.41) is 3.03. The highest BCUT2D eigenvalue weighted by molar-refractivity contribution is 5.97. The average molecular weight is 382 g/mol. The van der Waals surface area contributed by atoms with E-state index in [2.05, 4.69) is 5.32 Å². The summed E-state index contributed by atoms with van der Waals surface area (Å²) in [5.74, 6) is 0.795. The molecule has 2 aromatic carbocycles. The number of nitrogens with one attached hydrogen (secondary N) is 1. The summed E-state index contributed by atoms with van der Waals surface area (Å²) in [5.41, 5.74) is 1.95. The fourth-order valence-corrected chi connectivity index (χ4v) is 3.96. The van der Waals surface area contributed by atoms with Crippen LogP contribution in [0, 0.1) is 6.92 Å². The van der Waals surface area contributed by atoms with Gasteiger partial charge in [0.1, 0.15) is 11.5 Å². The molecule has 28 heavy (non-hydrogen) atoms. The van der Waals surface area contributed by atoms with Gasteiger partial charge >= 0.3 is 12.0 Å². The Morgan fingerprint density at radius 2 is 2.04 bits per heavy atom. The number of benzene rings is 2. The second kappa shape index (κ2) is 6.44. The third-order valence-electron chi connectivity index (χ3n) is 5.27. The minimum absolute atomic E-state index is 0.266. The second-order valence-corrected chi connectivity index (χ2v) is 7.24. The van der Waals surface area contributed by atoms with E-state index in [0.29, 0.717) is 29.2 Å². The van der Waals surface area contributed by atoms with Crippen LogP contribution in [-0.2, 0) is 4.74 Å². The molecule has 0 aromatic heterocycles. The van der Waals surface area contributed by atoms with Crippen LogP contribution in [0.2, 0.25) is 0 Å². The van der Waals surface area contributed by atoms with Crippen LogP contribution in [0.25, 0.3) is 0 Å². The highest BCUT2D eigenvalue weighted by Crippen LogP contribution is 2.47. The first-order chi connectivity index (χ1) is 13.4. The first-order valence-electron chi connectivity index (χ1n) is 9.03. The number of rotatable bonds is 3. The van der Waals surface area contributed by atoms with Crippen LogP contribution in [0.15, 0.2) is 36.4 Å². The Balaban J connectivity index is 1.79. The van der Waals surface area contributed by atoms with Gasteiger partial charge in [-0.1, -0.05) is 6.07 Å². The topological polar surface area (TPSA) is 77.1 Å². The van der Waals surface area contributed by atoms with Crippen molar-refractivity contribution in [2.75, 3.05) is 19.1 Å². The number of anilines is 1. The van der Waals surface area contributed by atoms with E-state index in [9.17, 15) is 9.59 Å². The molecule has 1 fully saturated rings. The number of aryl methyl sites for hydroxylation is 1. The molecule has 0 spiro atoms. The number of carbonyl (C=O) groups excluding carboxylic acids is 2. The number of ether oxygens (including phenoxy) is 3. The van der Waals surface area contributed by atoms with Crippen molar-refractivity contribution < 1.29 is 23.8 Å². The first kappa shape index (κ1) is 18.2. The van der Waals surface area contributed by atoms with E-state index in [0.717, 1.165) is 11.1 Å². The standard InChI is InChI=1S/C21H22N2O5/c1-12-5-7-18(26-3)16(9-12)23-20(25)22-15-11-21(23,2)28-17-8-6-13(10-14(15)17)19(24)27-4/h5-10,15H,11H2,1-4H3,(H,22,25). The SMILES string of the molecule is COC(=O)c1ccc2c(c1)C1CC(C)(O2)N(c2cc(C)ccc2OC)C(=O)N1. The lowest BCUT2D eigenvalue weighted by atomic mass is 9.89. The van der Waals surface area contributed by atoms with Gasteiger partial charge in [0.05, 0.1) is 31.5 Å². The van der Waals surface area contributed by atoms with Crippen molar-refractivity contribution in [2.45, 2.75) is 32.0 Å². The number of urea groups is 1. The van der Waals surface area contributed by atoms with E-state index < -0.39 is 11.7 Å². The number of fused-ring (bicyclic) bond motifs is 4. The molecule has 2 heterocycles. The largest absolute Gasteiger partial charge is 0.495 e. The Morgan fingerprint density at radius 3 is 2.75 bits per heavy atom. The predicted octanol–water partition coefficient (Wildman–Crippen LogP) is 3.56. The van der Waals surface area contributed by atoms with Gasteiger partial charge in [-0.25, -0.2) is 9.59 Å². The van der Waals surface area contributed by atoms with Crippen molar-refractivity contribution in [3.8, 4) is 11.5 Å². The van der Waals surface area contributed by atoms with Gasteiger partial charge in [0.15, 0.2) is 5.72 Å². The maximum absolute atomic E-state index is 13.1. The predicted molar refractivity (Wildman–Crippen MR) is 103 cm³/mol. The Morgan fingerprint density at radius 1 is 1.25 bits per heavy atom. The third kappa shape index (κ3) is 2.74. The van der Waals surface area contributed by atoms with Crippen molar-refractivity contribution in [3.05, 3.63) is 53.1 Å². The summed E-state index contributed by atoms with van der Waals surface area (Å²) < 4.78 is 16.6. The smallest absolute Gasteiger partial charge is 0.337 e. The zero-order valence-corrected chi connectivity index (χ0v) is 16.2. The Labute approximate surface area is 163 Å². The lowest BCUT2D eigenvalue weighted by molar-refractivity contribution is 0.0374. The van der Waals surface area contributed by atoms with Crippen LogP contribution >= 0.6 is 0 Å². The quantitative estimate of drug-likeness (QED) is 0.822. The number of carbonyl (C=O) groups is 2. The number of methoxy groups -OCH3 is 2. The Hall–Kier alpha value is -3.22. The molecule has 146 valence electrons. The maximum atomic E-state index is 13.1. The number of esters is 1. The normalized spacial score (nSPS) is 22.6. The molecule has 1 N–H and O–H groups in total. The molecule has 2 atom stereocenters. The van der Waals surface area contributed by atoms with E-state index in [4.69, 9.17) is 14.2 Å². The summed E-state index contributed by atoms with van der Waals surface area (Å²) in [7, 11) is 2.91. The minimum atomic E-state index is -0.895. The summed E-state index contributed by atoms with van der Waals surface area (Å²) in [6, 6.07) is 10.3. The molecule has 2 amide bonds. The molecular formula is C21H22N2O5. The maximum Gasteiger partial charge on any atom is 0.337 e. The minimum Gasteiger partial charge on any atom is -0.495 e. The molecule has 2 aliphatic rings. The van der Waals surface area contributed by atoms with Crippen molar-refractivity contribution in [2.24, 2.45) is 0 Å². The number of hydrogen-bond donors (Lipinski definition) is 1. The monoisotopic (exact) mass is 382 g/mol. The molecule has 2 unspecified atom stereocenters. The summed E-state index contributed by atoms with van der Waals surface area (Å²) in [6.45, 7) is 3.85. The van der Waals surface area contributed by atoms with Crippen LogP contribution in [0.4, 0.5) is 10.5 Å². The lowest BCUT2D eigenvalue weighted by Gasteiger charge is -2.50. The van der Waals surface area contributed by atoms with E-state index in [-0.39, 0.29) is 12.1 Å². The fraction of sp³-hybridized carbons (Fsp3) is 0.333. The van der Waals surface area contributed by atoms with Crippen molar-refractivity contribution >= 4 is 17.7 Å². The molecule has 7 nitrogen and oxygen atoms in total. The summed E-state index contributed by atoms with van der Waals surface area (Å²) in [4.78, 5) is 26.5. The van der Waals surface area contributed by atoms with Gasteiger partial charge in [0.2, 0.25) is 0 Å². The van der Waals surface area contributed by atoms with Gasteiger partial charge in [-0.3, -0.25) is 4.90 Å². The van der Waals surface area contributed by atoms with Crippen LogP contribution in [0.3, 0.4) is 0 Å². The molecule has 2 aliphatic heterocycles. The molecule has 0 radical (unpaired) electrons. The Bertz CT molecular complexity index is 973. The summed E-state index contributed by atoms with van der Waals surface area (Å²) in [6.07, 6.45) is 0.521. The molecule has 4 rings (SSSR count). The van der Waals surface area contributed by atoms with Crippen LogP contribution in [0.1, 0.15) is 40.9 Å². The third-order valence-corrected chi connectivity index (χ3v) is 5.27. The van der Waals surface area contributed by atoms with E-state index >= 15 is 0 Å². The van der Waals surface area contributed by atoms with Gasteiger partial charge in [0.25, 0.3) is 0 Å². The van der Waals surface area contributed by atoms with Gasteiger partial charge in [-0.2, -0.15) is 0 Å². The van der Waals surface area contributed by atoms with Crippen molar-refractivity contribution in [3.63, 3.8) is 0 Å². The van der Waals surface area contributed by atoms with Crippen LogP contribution in [0.5, 0.6) is 11.5 Å². The van der Waals surface area contributed by atoms with Crippen molar-refractivity contribution in [1.29, 1.82) is 0 Å². The van der Waals surface area contributed by atoms with Crippen LogP contribution in [-0.4, -0.2) is 31.9 Å². The molecule has 2 aromatic rings. The van der Waals surface area contributed by atoms with Gasteiger partial charge in [-0.15, -0.1) is 0 Å². The highest BCUT2D eigenvalue weighted by atomic mass is 16.5. The molecule has 0 saturated carbocycles. The lowest BCUT2D eigenvalue weighted by Crippen LogP contribution is -2.65. The number of amides is 2. The number of hydrogen-bond acceptors (Lipinski definition) is 5. The second-order valence-electron chi connectivity index (χ2n) is 7.24. The Kier molecular flexibility index (Phi) is 4.18. The highest BCUT2D eigenvalue weighted by Gasteiger charge is 2.50. The number of nitrogens with zero attached hydrogens (tertiary/aromatic N) is 1. The summed E-state index contributed by atoms with van der Waals surface area (Å²) >= 11 is 0. The molecule has 1 saturated heterocycles. The zero-order valence-electron chi connectivity index (χ0n) is 16.2. The van der Waals surface area contributed by atoms with Gasteiger partial charge in [0, 0.05) is 12.0 Å². The van der Waals surface area contributed by atoms with E-state index in [1.165, 1.54) is 7.11 Å². The average Bonchev–Trinajstić information content (AvgIpc) is 2.66. The van der Waals surface area contributed by atoms with Crippen molar-refractivity contribution in [1.82, 2.24) is 5.32 Å². The zero-order chi connectivity index (χ0) is 20.1. The van der Waals surface area contributed by atoms with E-state index in [1.807, 2.05) is 32.0 Å². The molecule has 0 aliphatic carbocycles. The van der Waals surface area contributed by atoms with E-state index in [1.54, 1.807) is 30.2 Å². The molecule has 2 bridgehead atoms. The molecular weight excluding hydrogens is 360 g/mol. The fourth-order valence-electron chi connectivity index (χ4n) is 3.96.